The predicted molar refractivity (Wildman–Crippen MR) is 97.8 cm³/mol. The first kappa shape index (κ1) is 16.1. The second-order valence-electron chi connectivity index (χ2n) is 6.51. The minimum atomic E-state index is 0.743. The number of benzene rings is 1. The number of halogens is 1. The fourth-order valence-corrected chi connectivity index (χ4v) is 4.05. The standard InChI is InChI=1S/C17H20ClN5S/c1-12-6-8-22(9-7-12)10-16-19-20-17-23(16)21-15(11-24-17)13-2-4-14(18)5-3-13/h2-5,12H,6-11H2,1H3. The van der Waals surface area contributed by atoms with Gasteiger partial charge in [-0.2, -0.15) is 9.78 Å². The first-order valence-corrected chi connectivity index (χ1v) is 9.68. The quantitative estimate of drug-likeness (QED) is 0.839. The zero-order chi connectivity index (χ0) is 16.5. The average molecular weight is 362 g/mol. The van der Waals surface area contributed by atoms with Gasteiger partial charge in [0.1, 0.15) is 0 Å². The van der Waals surface area contributed by atoms with Crippen molar-refractivity contribution in [3.05, 3.63) is 40.7 Å². The summed E-state index contributed by atoms with van der Waals surface area (Å²) in [7, 11) is 0. The van der Waals surface area contributed by atoms with Gasteiger partial charge >= 0.3 is 0 Å². The first-order chi connectivity index (χ1) is 11.7. The number of piperidine rings is 1. The van der Waals surface area contributed by atoms with E-state index >= 15 is 0 Å². The Morgan fingerprint density at radius 2 is 1.92 bits per heavy atom. The van der Waals surface area contributed by atoms with E-state index in [1.54, 1.807) is 11.8 Å². The second kappa shape index (κ2) is 6.86. The summed E-state index contributed by atoms with van der Waals surface area (Å²) in [5.41, 5.74) is 2.14. The van der Waals surface area contributed by atoms with Crippen LogP contribution in [0.5, 0.6) is 0 Å². The van der Waals surface area contributed by atoms with E-state index in [1.807, 2.05) is 28.9 Å². The molecule has 0 aliphatic carbocycles. The Hall–Kier alpha value is -1.37. The van der Waals surface area contributed by atoms with E-state index in [4.69, 9.17) is 16.7 Å². The van der Waals surface area contributed by atoms with Crippen molar-refractivity contribution in [1.82, 2.24) is 19.8 Å². The van der Waals surface area contributed by atoms with E-state index in [-0.39, 0.29) is 0 Å². The van der Waals surface area contributed by atoms with Crippen molar-refractivity contribution in [3.8, 4) is 0 Å². The van der Waals surface area contributed by atoms with Gasteiger partial charge in [0.15, 0.2) is 5.82 Å². The van der Waals surface area contributed by atoms with E-state index < -0.39 is 0 Å². The van der Waals surface area contributed by atoms with Crippen molar-refractivity contribution in [2.75, 3.05) is 18.8 Å². The Kier molecular flexibility index (Phi) is 4.61. The molecular formula is C17H20ClN5S. The van der Waals surface area contributed by atoms with Gasteiger partial charge in [0.2, 0.25) is 5.16 Å². The normalized spacial score (nSPS) is 19.2. The lowest BCUT2D eigenvalue weighted by Gasteiger charge is -2.29. The van der Waals surface area contributed by atoms with Crippen LogP contribution >= 0.6 is 23.4 Å². The highest BCUT2D eigenvalue weighted by Crippen LogP contribution is 2.26. The molecule has 0 atom stereocenters. The van der Waals surface area contributed by atoms with Gasteiger partial charge in [-0.15, -0.1) is 10.2 Å². The molecule has 2 aromatic rings. The molecule has 5 nitrogen and oxygen atoms in total. The minimum absolute atomic E-state index is 0.743. The van der Waals surface area contributed by atoms with Crippen LogP contribution in [0, 0.1) is 5.92 Å². The fourth-order valence-electron chi connectivity index (χ4n) is 3.07. The largest absolute Gasteiger partial charge is 0.296 e. The number of likely N-dealkylation sites (tertiary alicyclic amines) is 1. The summed E-state index contributed by atoms with van der Waals surface area (Å²) in [5, 5.41) is 15.1. The third kappa shape index (κ3) is 3.36. The maximum absolute atomic E-state index is 5.98. The molecule has 0 saturated carbocycles. The smallest absolute Gasteiger partial charge is 0.212 e. The molecule has 0 unspecified atom stereocenters. The van der Waals surface area contributed by atoms with Crippen molar-refractivity contribution in [3.63, 3.8) is 0 Å². The van der Waals surface area contributed by atoms with Gasteiger partial charge in [0.25, 0.3) is 0 Å². The molecule has 1 fully saturated rings. The van der Waals surface area contributed by atoms with E-state index in [2.05, 4.69) is 22.0 Å². The van der Waals surface area contributed by atoms with Crippen LogP contribution in [-0.2, 0) is 6.54 Å². The number of thioether (sulfide) groups is 1. The molecule has 0 radical (unpaired) electrons. The van der Waals surface area contributed by atoms with Crippen LogP contribution in [0.25, 0.3) is 0 Å². The maximum atomic E-state index is 5.98. The van der Waals surface area contributed by atoms with Gasteiger partial charge in [-0.25, -0.2) is 0 Å². The summed E-state index contributed by atoms with van der Waals surface area (Å²) in [6.07, 6.45) is 2.52. The van der Waals surface area contributed by atoms with Crippen molar-refractivity contribution >= 4 is 29.1 Å². The van der Waals surface area contributed by atoms with Crippen molar-refractivity contribution in [2.45, 2.75) is 31.5 Å². The Morgan fingerprint density at radius 3 is 2.67 bits per heavy atom. The van der Waals surface area contributed by atoms with Gasteiger partial charge in [-0.05, 0) is 49.5 Å². The SMILES string of the molecule is CC1CCN(Cc2nnc3n2N=C(c2ccc(Cl)cc2)CS3)CC1. The van der Waals surface area contributed by atoms with Crippen LogP contribution in [0.3, 0.4) is 0 Å². The molecule has 126 valence electrons. The lowest BCUT2D eigenvalue weighted by atomic mass is 9.99. The highest BCUT2D eigenvalue weighted by molar-refractivity contribution is 7.99. The molecule has 0 N–H and O–H groups in total. The van der Waals surface area contributed by atoms with Crippen molar-refractivity contribution in [1.29, 1.82) is 0 Å². The Labute approximate surface area is 151 Å². The maximum Gasteiger partial charge on any atom is 0.212 e. The number of aromatic nitrogens is 3. The number of hydrogen-bond acceptors (Lipinski definition) is 5. The van der Waals surface area contributed by atoms with Gasteiger partial charge in [-0.1, -0.05) is 42.4 Å². The lowest BCUT2D eigenvalue weighted by molar-refractivity contribution is 0.179. The highest BCUT2D eigenvalue weighted by Gasteiger charge is 2.23. The van der Waals surface area contributed by atoms with E-state index in [0.717, 1.165) is 58.6 Å². The number of hydrogen-bond donors (Lipinski definition) is 0. The predicted octanol–water partition coefficient (Wildman–Crippen LogP) is 3.52. The van der Waals surface area contributed by atoms with Gasteiger partial charge in [-0.3, -0.25) is 4.90 Å². The molecule has 0 amide bonds. The molecule has 4 rings (SSSR count). The van der Waals surface area contributed by atoms with E-state index in [0.29, 0.717) is 0 Å². The van der Waals surface area contributed by atoms with Crippen LogP contribution in [-0.4, -0.2) is 44.3 Å². The molecule has 24 heavy (non-hydrogen) atoms. The first-order valence-electron chi connectivity index (χ1n) is 8.32. The molecule has 2 aliphatic heterocycles. The summed E-state index contributed by atoms with van der Waals surface area (Å²) in [5.74, 6) is 2.57. The molecule has 1 saturated heterocycles. The summed E-state index contributed by atoms with van der Waals surface area (Å²) in [6.45, 7) is 5.40. The molecule has 7 heteroatoms. The zero-order valence-electron chi connectivity index (χ0n) is 13.7. The van der Waals surface area contributed by atoms with Crippen molar-refractivity contribution in [2.24, 2.45) is 11.0 Å². The topological polar surface area (TPSA) is 46.3 Å². The van der Waals surface area contributed by atoms with Gasteiger partial charge in [0.05, 0.1) is 12.3 Å². The van der Waals surface area contributed by atoms with Crippen LogP contribution in [0.15, 0.2) is 34.5 Å². The van der Waals surface area contributed by atoms with Crippen molar-refractivity contribution < 1.29 is 0 Å². The second-order valence-corrected chi connectivity index (χ2v) is 7.89. The molecule has 0 bridgehead atoms. The molecule has 3 heterocycles. The van der Waals surface area contributed by atoms with Crippen LogP contribution in [0.1, 0.15) is 31.2 Å². The molecule has 1 aromatic carbocycles. The van der Waals surface area contributed by atoms with Crippen LogP contribution < -0.4 is 0 Å². The van der Waals surface area contributed by atoms with E-state index in [1.165, 1.54) is 12.8 Å². The number of nitrogens with zero attached hydrogens (tertiary/aromatic N) is 5. The Bertz CT molecular complexity index is 747. The fraction of sp³-hybridized carbons (Fsp3) is 0.471. The minimum Gasteiger partial charge on any atom is -0.296 e. The summed E-state index contributed by atoms with van der Waals surface area (Å²) < 4.78 is 1.91. The molecule has 1 aromatic heterocycles. The van der Waals surface area contributed by atoms with Gasteiger partial charge in [0, 0.05) is 10.8 Å². The van der Waals surface area contributed by atoms with Crippen LogP contribution in [0.4, 0.5) is 0 Å². The third-order valence-electron chi connectivity index (χ3n) is 4.65. The number of rotatable bonds is 3. The molecular weight excluding hydrogens is 342 g/mol. The van der Waals surface area contributed by atoms with Crippen LogP contribution in [0.2, 0.25) is 5.02 Å². The number of fused-ring (bicyclic) bond motifs is 1. The monoisotopic (exact) mass is 361 g/mol. The highest BCUT2D eigenvalue weighted by atomic mass is 35.5. The Balaban J connectivity index is 1.56. The molecule has 0 spiro atoms. The van der Waals surface area contributed by atoms with Gasteiger partial charge < -0.3 is 0 Å². The lowest BCUT2D eigenvalue weighted by Crippen LogP contribution is -2.33. The third-order valence-corrected chi connectivity index (χ3v) is 5.84. The van der Waals surface area contributed by atoms with E-state index in [9.17, 15) is 0 Å². The summed E-state index contributed by atoms with van der Waals surface area (Å²) in [6, 6.07) is 7.84. The Morgan fingerprint density at radius 1 is 1.17 bits per heavy atom. The summed E-state index contributed by atoms with van der Waals surface area (Å²) >= 11 is 7.67. The average Bonchev–Trinajstić information content (AvgIpc) is 3.00. The molecule has 2 aliphatic rings. The zero-order valence-corrected chi connectivity index (χ0v) is 15.2. The summed E-state index contributed by atoms with van der Waals surface area (Å²) in [4.78, 5) is 2.45.